The standard InChI is InChI=1S/C12H17FN2.2ClH/c13-11-5-3-10(4-6-11)12(9-14)15-7-1-2-8-15;;/h3-6,12H,1-2,7-9,14H2;2*1H. The van der Waals surface area contributed by atoms with E-state index in [1.807, 2.05) is 12.1 Å². The predicted molar refractivity (Wildman–Crippen MR) is 73.5 cm³/mol. The fourth-order valence-electron chi connectivity index (χ4n) is 2.23. The Hall–Kier alpha value is -0.350. The fourth-order valence-corrected chi connectivity index (χ4v) is 2.23. The van der Waals surface area contributed by atoms with Gasteiger partial charge in [-0.25, -0.2) is 4.39 Å². The first-order valence-corrected chi connectivity index (χ1v) is 5.51. The summed E-state index contributed by atoms with van der Waals surface area (Å²) in [6.07, 6.45) is 2.50. The summed E-state index contributed by atoms with van der Waals surface area (Å²) in [5.74, 6) is -0.184. The summed E-state index contributed by atoms with van der Waals surface area (Å²) in [7, 11) is 0. The molecule has 0 aliphatic carbocycles. The van der Waals surface area contributed by atoms with Crippen LogP contribution >= 0.6 is 24.8 Å². The highest BCUT2D eigenvalue weighted by atomic mass is 35.5. The van der Waals surface area contributed by atoms with Crippen LogP contribution in [0.1, 0.15) is 24.4 Å². The highest BCUT2D eigenvalue weighted by Gasteiger charge is 2.21. The molecule has 0 amide bonds. The highest BCUT2D eigenvalue weighted by molar-refractivity contribution is 5.85. The smallest absolute Gasteiger partial charge is 0.123 e. The van der Waals surface area contributed by atoms with E-state index in [0.29, 0.717) is 6.54 Å². The van der Waals surface area contributed by atoms with Crippen LogP contribution in [0.5, 0.6) is 0 Å². The van der Waals surface area contributed by atoms with Crippen LogP contribution in [0.15, 0.2) is 24.3 Å². The molecule has 5 heteroatoms. The van der Waals surface area contributed by atoms with E-state index in [4.69, 9.17) is 5.73 Å². The second-order valence-corrected chi connectivity index (χ2v) is 4.05. The van der Waals surface area contributed by atoms with Crippen molar-refractivity contribution in [1.29, 1.82) is 0 Å². The number of hydrogen-bond donors (Lipinski definition) is 1. The van der Waals surface area contributed by atoms with Crippen molar-refractivity contribution in [1.82, 2.24) is 4.90 Å². The zero-order valence-electron chi connectivity index (χ0n) is 9.64. The molecule has 1 unspecified atom stereocenters. The van der Waals surface area contributed by atoms with Crippen molar-refractivity contribution in [3.05, 3.63) is 35.6 Å². The molecule has 1 aromatic rings. The molecule has 2 N–H and O–H groups in total. The molecule has 1 fully saturated rings. The molecule has 17 heavy (non-hydrogen) atoms. The normalized spacial score (nSPS) is 17.1. The molecule has 2 rings (SSSR count). The van der Waals surface area contributed by atoms with Crippen LogP contribution in [0.2, 0.25) is 0 Å². The van der Waals surface area contributed by atoms with Crippen molar-refractivity contribution in [2.75, 3.05) is 19.6 Å². The minimum absolute atomic E-state index is 0. The summed E-state index contributed by atoms with van der Waals surface area (Å²) in [4.78, 5) is 2.38. The molecule has 98 valence electrons. The van der Waals surface area contributed by atoms with Gasteiger partial charge in [-0.15, -0.1) is 24.8 Å². The van der Waals surface area contributed by atoms with Crippen LogP contribution in [0, 0.1) is 5.82 Å². The van der Waals surface area contributed by atoms with E-state index >= 15 is 0 Å². The second-order valence-electron chi connectivity index (χ2n) is 4.05. The van der Waals surface area contributed by atoms with Gasteiger partial charge in [0.15, 0.2) is 0 Å². The first kappa shape index (κ1) is 16.6. The molecule has 1 aromatic carbocycles. The number of halogens is 3. The van der Waals surface area contributed by atoms with Crippen molar-refractivity contribution < 1.29 is 4.39 Å². The summed E-state index contributed by atoms with van der Waals surface area (Å²) >= 11 is 0. The maximum absolute atomic E-state index is 12.8. The maximum Gasteiger partial charge on any atom is 0.123 e. The van der Waals surface area contributed by atoms with Gasteiger partial charge >= 0.3 is 0 Å². The van der Waals surface area contributed by atoms with Gasteiger partial charge in [0, 0.05) is 12.6 Å². The SMILES string of the molecule is Cl.Cl.NCC(c1ccc(F)cc1)N1CCCC1. The van der Waals surface area contributed by atoms with Crippen LogP contribution in [-0.2, 0) is 0 Å². The summed E-state index contributed by atoms with van der Waals surface area (Å²) in [5, 5.41) is 0. The Morgan fingerprint density at radius 3 is 2.12 bits per heavy atom. The molecule has 1 heterocycles. The van der Waals surface area contributed by atoms with Crippen LogP contribution < -0.4 is 5.73 Å². The monoisotopic (exact) mass is 280 g/mol. The third kappa shape index (κ3) is 4.11. The maximum atomic E-state index is 12.8. The third-order valence-electron chi connectivity index (χ3n) is 3.06. The van der Waals surface area contributed by atoms with Gasteiger partial charge in [-0.05, 0) is 43.6 Å². The summed E-state index contributed by atoms with van der Waals surface area (Å²) in [6, 6.07) is 6.95. The van der Waals surface area contributed by atoms with Crippen molar-refractivity contribution in [3.63, 3.8) is 0 Å². The van der Waals surface area contributed by atoms with E-state index in [-0.39, 0.29) is 36.7 Å². The lowest BCUT2D eigenvalue weighted by Gasteiger charge is -2.26. The minimum Gasteiger partial charge on any atom is -0.329 e. The number of hydrogen-bond acceptors (Lipinski definition) is 2. The van der Waals surface area contributed by atoms with Gasteiger partial charge in [-0.1, -0.05) is 12.1 Å². The topological polar surface area (TPSA) is 29.3 Å². The molecule has 2 nitrogen and oxygen atoms in total. The van der Waals surface area contributed by atoms with Gasteiger partial charge < -0.3 is 5.73 Å². The van der Waals surface area contributed by atoms with Crippen molar-refractivity contribution in [3.8, 4) is 0 Å². The molecule has 0 radical (unpaired) electrons. The molecule has 0 aromatic heterocycles. The minimum atomic E-state index is -0.184. The Balaban J connectivity index is 0.00000128. The van der Waals surface area contributed by atoms with Gasteiger partial charge in [-0.2, -0.15) is 0 Å². The Morgan fingerprint density at radius 1 is 1.12 bits per heavy atom. The predicted octanol–water partition coefficient (Wildman–Crippen LogP) is 2.76. The first-order valence-electron chi connectivity index (χ1n) is 5.51. The Labute approximate surface area is 114 Å². The van der Waals surface area contributed by atoms with E-state index < -0.39 is 0 Å². The molecular formula is C12H19Cl2FN2. The molecule has 1 aliphatic heterocycles. The van der Waals surface area contributed by atoms with Crippen molar-refractivity contribution in [2.24, 2.45) is 5.73 Å². The lowest BCUT2D eigenvalue weighted by Crippen LogP contribution is -2.31. The van der Waals surface area contributed by atoms with Gasteiger partial charge in [0.05, 0.1) is 0 Å². The van der Waals surface area contributed by atoms with Gasteiger partial charge in [-0.3, -0.25) is 4.90 Å². The number of rotatable bonds is 3. The van der Waals surface area contributed by atoms with Gasteiger partial charge in [0.1, 0.15) is 5.82 Å². The number of nitrogens with zero attached hydrogens (tertiary/aromatic N) is 1. The largest absolute Gasteiger partial charge is 0.329 e. The number of nitrogens with two attached hydrogens (primary N) is 1. The Morgan fingerprint density at radius 2 is 1.65 bits per heavy atom. The average molecular weight is 281 g/mol. The Kier molecular flexibility index (Phi) is 7.71. The molecule has 1 aliphatic rings. The fraction of sp³-hybridized carbons (Fsp3) is 0.500. The van der Waals surface area contributed by atoms with Crippen LogP contribution in [0.25, 0.3) is 0 Å². The van der Waals surface area contributed by atoms with Crippen LogP contribution in [0.3, 0.4) is 0 Å². The van der Waals surface area contributed by atoms with E-state index in [0.717, 1.165) is 18.7 Å². The second kappa shape index (κ2) is 7.88. The average Bonchev–Trinajstić information content (AvgIpc) is 2.75. The summed E-state index contributed by atoms with van der Waals surface area (Å²) in [5.41, 5.74) is 6.91. The first-order chi connectivity index (χ1) is 7.31. The molecule has 0 saturated carbocycles. The van der Waals surface area contributed by atoms with Crippen molar-refractivity contribution >= 4 is 24.8 Å². The lowest BCUT2D eigenvalue weighted by atomic mass is 10.1. The quantitative estimate of drug-likeness (QED) is 0.923. The molecule has 1 saturated heterocycles. The Bertz CT molecular complexity index is 313. The van der Waals surface area contributed by atoms with Crippen LogP contribution in [-0.4, -0.2) is 24.5 Å². The molecular weight excluding hydrogens is 262 g/mol. The molecule has 1 atom stereocenters. The van der Waals surface area contributed by atoms with E-state index in [1.165, 1.54) is 25.0 Å². The van der Waals surface area contributed by atoms with Gasteiger partial charge in [0.25, 0.3) is 0 Å². The number of likely N-dealkylation sites (tertiary alicyclic amines) is 1. The number of benzene rings is 1. The van der Waals surface area contributed by atoms with E-state index in [1.54, 1.807) is 0 Å². The highest BCUT2D eigenvalue weighted by Crippen LogP contribution is 2.24. The zero-order valence-corrected chi connectivity index (χ0v) is 11.3. The van der Waals surface area contributed by atoms with Gasteiger partial charge in [0.2, 0.25) is 0 Å². The van der Waals surface area contributed by atoms with Crippen molar-refractivity contribution in [2.45, 2.75) is 18.9 Å². The lowest BCUT2D eigenvalue weighted by molar-refractivity contribution is 0.251. The summed E-state index contributed by atoms with van der Waals surface area (Å²) < 4.78 is 12.8. The molecule has 0 bridgehead atoms. The third-order valence-corrected chi connectivity index (χ3v) is 3.06. The van der Waals surface area contributed by atoms with E-state index in [9.17, 15) is 4.39 Å². The van der Waals surface area contributed by atoms with Crippen LogP contribution in [0.4, 0.5) is 4.39 Å². The summed E-state index contributed by atoms with van der Waals surface area (Å²) in [6.45, 7) is 2.82. The zero-order chi connectivity index (χ0) is 10.7. The van der Waals surface area contributed by atoms with E-state index in [2.05, 4.69) is 4.90 Å². The molecule has 0 spiro atoms.